The van der Waals surface area contributed by atoms with Crippen molar-refractivity contribution in [1.82, 2.24) is 9.97 Å². The molecular weight excluding hydrogens is 404 g/mol. The van der Waals surface area contributed by atoms with Crippen molar-refractivity contribution in [3.05, 3.63) is 45.3 Å². The molecule has 26 heavy (non-hydrogen) atoms. The number of aryl methyl sites for hydroxylation is 2. The largest absolute Gasteiger partial charge is 0.293 e. The molecule has 3 nitrogen and oxygen atoms in total. The van der Waals surface area contributed by atoms with Crippen LogP contribution >= 0.6 is 46.5 Å². The molecule has 0 unspecified atom stereocenters. The van der Waals surface area contributed by atoms with Crippen LogP contribution in [0, 0.1) is 0 Å². The van der Waals surface area contributed by atoms with Crippen molar-refractivity contribution in [2.45, 2.75) is 35.9 Å². The molecule has 1 aliphatic rings. The predicted octanol–water partition coefficient (Wildman–Crippen LogP) is 5.92. The van der Waals surface area contributed by atoms with Crippen LogP contribution in [0.15, 0.2) is 34.4 Å². The first kappa shape index (κ1) is 18.3. The van der Waals surface area contributed by atoms with Crippen molar-refractivity contribution in [3.8, 4) is 0 Å². The fraction of sp³-hybridized carbons (Fsp3) is 0.316. The standard InChI is InChI=1S/C19H17ClN2OS3/c1-24-19-21-17(25-10-14(23)11-6-8-12(20)9-7-11)16-13-4-2-3-5-15(13)26-18(16)22-19/h6-9H,2-5,10H2,1H3. The number of aromatic nitrogens is 2. The molecule has 2 heterocycles. The highest BCUT2D eigenvalue weighted by Gasteiger charge is 2.22. The maximum Gasteiger partial charge on any atom is 0.189 e. The molecule has 0 N–H and O–H groups in total. The van der Waals surface area contributed by atoms with Crippen LogP contribution in [0.25, 0.3) is 10.2 Å². The van der Waals surface area contributed by atoms with Crippen LogP contribution < -0.4 is 0 Å². The molecule has 0 atom stereocenters. The summed E-state index contributed by atoms with van der Waals surface area (Å²) in [4.78, 5) is 24.5. The fourth-order valence-corrected chi connectivity index (χ4v) is 6.04. The first-order valence-electron chi connectivity index (χ1n) is 8.43. The molecule has 0 bridgehead atoms. The van der Waals surface area contributed by atoms with Crippen molar-refractivity contribution >= 4 is 62.5 Å². The van der Waals surface area contributed by atoms with Gasteiger partial charge in [0.1, 0.15) is 9.86 Å². The predicted molar refractivity (Wildman–Crippen MR) is 112 cm³/mol. The number of benzene rings is 1. The first-order chi connectivity index (χ1) is 12.7. The van der Waals surface area contributed by atoms with E-state index in [1.165, 1.54) is 40.4 Å². The highest BCUT2D eigenvalue weighted by molar-refractivity contribution is 8.00. The fourth-order valence-electron chi connectivity index (χ4n) is 3.15. The van der Waals surface area contributed by atoms with Crippen molar-refractivity contribution in [2.75, 3.05) is 12.0 Å². The quantitative estimate of drug-likeness (QED) is 0.222. The number of hydrogen-bond donors (Lipinski definition) is 0. The van der Waals surface area contributed by atoms with Crippen LogP contribution in [-0.2, 0) is 12.8 Å². The molecule has 0 saturated carbocycles. The highest BCUT2D eigenvalue weighted by Crippen LogP contribution is 2.40. The summed E-state index contributed by atoms with van der Waals surface area (Å²) < 4.78 is 0. The Kier molecular flexibility index (Phi) is 5.55. The monoisotopic (exact) mass is 420 g/mol. The van der Waals surface area contributed by atoms with Gasteiger partial charge in [-0.3, -0.25) is 4.79 Å². The SMILES string of the molecule is CSc1nc(SCC(=O)c2ccc(Cl)cc2)c2c3c(sc2n1)CCCC3. The van der Waals surface area contributed by atoms with Crippen molar-refractivity contribution < 1.29 is 4.79 Å². The molecule has 1 aliphatic carbocycles. The second-order valence-corrected chi connectivity index (χ2v) is 9.38. The Balaban J connectivity index is 1.65. The van der Waals surface area contributed by atoms with E-state index in [9.17, 15) is 4.79 Å². The molecule has 4 rings (SSSR count). The average Bonchev–Trinajstić information content (AvgIpc) is 3.04. The summed E-state index contributed by atoms with van der Waals surface area (Å²) in [6.07, 6.45) is 6.69. The number of halogens is 1. The summed E-state index contributed by atoms with van der Waals surface area (Å²) in [5.74, 6) is 0.458. The van der Waals surface area contributed by atoms with Crippen molar-refractivity contribution in [3.63, 3.8) is 0 Å². The number of carbonyl (C=O) groups is 1. The van der Waals surface area contributed by atoms with Gasteiger partial charge in [-0.05, 0) is 61.8 Å². The first-order valence-corrected chi connectivity index (χ1v) is 11.8. The van der Waals surface area contributed by atoms with Gasteiger partial charge in [0.2, 0.25) is 0 Å². The van der Waals surface area contributed by atoms with Crippen LogP contribution in [-0.4, -0.2) is 27.8 Å². The third-order valence-electron chi connectivity index (χ3n) is 4.45. The number of thiophene rings is 1. The minimum absolute atomic E-state index is 0.0910. The topological polar surface area (TPSA) is 42.9 Å². The van der Waals surface area contributed by atoms with E-state index in [2.05, 4.69) is 0 Å². The lowest BCUT2D eigenvalue weighted by Gasteiger charge is -2.11. The number of thioether (sulfide) groups is 2. The van der Waals surface area contributed by atoms with Crippen molar-refractivity contribution in [1.29, 1.82) is 0 Å². The van der Waals surface area contributed by atoms with Crippen LogP contribution in [0.3, 0.4) is 0 Å². The Labute approximate surface area is 170 Å². The van der Waals surface area contributed by atoms with E-state index in [-0.39, 0.29) is 5.78 Å². The van der Waals surface area contributed by atoms with Gasteiger partial charge in [0.25, 0.3) is 0 Å². The smallest absolute Gasteiger partial charge is 0.189 e. The van der Waals surface area contributed by atoms with Gasteiger partial charge in [0.05, 0.1) is 5.75 Å². The van der Waals surface area contributed by atoms with Gasteiger partial charge >= 0.3 is 0 Å². The average molecular weight is 421 g/mol. The van der Waals surface area contributed by atoms with Crippen LogP contribution in [0.4, 0.5) is 0 Å². The lowest BCUT2D eigenvalue weighted by atomic mass is 9.97. The van der Waals surface area contributed by atoms with Gasteiger partial charge in [-0.25, -0.2) is 9.97 Å². The molecule has 7 heteroatoms. The Hall–Kier alpha value is -1.08. The number of ketones is 1. The molecule has 0 amide bonds. The molecule has 0 radical (unpaired) electrons. The minimum atomic E-state index is 0.0910. The number of rotatable bonds is 5. The molecule has 0 spiro atoms. The zero-order chi connectivity index (χ0) is 18.1. The molecule has 0 saturated heterocycles. The van der Waals surface area contributed by atoms with E-state index >= 15 is 0 Å². The third-order valence-corrected chi connectivity index (χ3v) is 7.41. The molecule has 3 aromatic rings. The Morgan fingerprint density at radius 2 is 1.96 bits per heavy atom. The Morgan fingerprint density at radius 3 is 2.73 bits per heavy atom. The summed E-state index contributed by atoms with van der Waals surface area (Å²) in [6, 6.07) is 7.06. The van der Waals surface area contributed by atoms with Crippen molar-refractivity contribution in [2.24, 2.45) is 0 Å². The van der Waals surface area contributed by atoms with Gasteiger partial charge < -0.3 is 0 Å². The maximum absolute atomic E-state index is 12.5. The van der Waals surface area contributed by atoms with Gasteiger partial charge in [0, 0.05) is 20.8 Å². The molecular formula is C19H17ClN2OS3. The lowest BCUT2D eigenvalue weighted by Crippen LogP contribution is -2.04. The molecule has 1 aromatic carbocycles. The normalized spacial score (nSPS) is 13.8. The Morgan fingerprint density at radius 1 is 1.19 bits per heavy atom. The summed E-state index contributed by atoms with van der Waals surface area (Å²) in [5.41, 5.74) is 2.09. The van der Waals surface area contributed by atoms with E-state index in [4.69, 9.17) is 21.6 Å². The summed E-state index contributed by atoms with van der Waals surface area (Å²) in [6.45, 7) is 0. The van der Waals surface area contributed by atoms with E-state index in [0.29, 0.717) is 16.3 Å². The van der Waals surface area contributed by atoms with E-state index < -0.39 is 0 Å². The second-order valence-electron chi connectivity index (χ2n) is 6.13. The minimum Gasteiger partial charge on any atom is -0.293 e. The van der Waals surface area contributed by atoms with E-state index in [1.54, 1.807) is 47.4 Å². The summed E-state index contributed by atoms with van der Waals surface area (Å²) >= 11 is 10.8. The molecule has 2 aromatic heterocycles. The number of Topliss-reactive ketones (excluding diaryl/α,β-unsaturated/α-hetero) is 1. The number of hydrogen-bond acceptors (Lipinski definition) is 6. The van der Waals surface area contributed by atoms with Crippen LogP contribution in [0.1, 0.15) is 33.6 Å². The zero-order valence-corrected chi connectivity index (χ0v) is 17.5. The summed E-state index contributed by atoms with van der Waals surface area (Å²) in [7, 11) is 0. The molecule has 0 aliphatic heterocycles. The number of nitrogens with zero attached hydrogens (tertiary/aromatic N) is 2. The van der Waals surface area contributed by atoms with Gasteiger partial charge in [-0.1, -0.05) is 35.1 Å². The molecule has 134 valence electrons. The van der Waals surface area contributed by atoms with Gasteiger partial charge in [-0.15, -0.1) is 11.3 Å². The second kappa shape index (κ2) is 7.89. The zero-order valence-electron chi connectivity index (χ0n) is 14.3. The van der Waals surface area contributed by atoms with E-state index in [1.807, 2.05) is 6.26 Å². The highest BCUT2D eigenvalue weighted by atomic mass is 35.5. The van der Waals surface area contributed by atoms with Gasteiger partial charge in [0.15, 0.2) is 10.9 Å². The van der Waals surface area contributed by atoms with E-state index in [0.717, 1.165) is 27.9 Å². The summed E-state index contributed by atoms with van der Waals surface area (Å²) in [5, 5.41) is 3.54. The third kappa shape index (κ3) is 3.65. The van der Waals surface area contributed by atoms with Crippen LogP contribution in [0.5, 0.6) is 0 Å². The number of carbonyl (C=O) groups excluding carboxylic acids is 1. The number of fused-ring (bicyclic) bond motifs is 3. The lowest BCUT2D eigenvalue weighted by molar-refractivity contribution is 0.102. The van der Waals surface area contributed by atoms with Crippen LogP contribution in [0.2, 0.25) is 5.02 Å². The molecule has 0 fully saturated rings. The Bertz CT molecular complexity index is 969. The van der Waals surface area contributed by atoms with Gasteiger partial charge in [-0.2, -0.15) is 0 Å². The maximum atomic E-state index is 12.5.